The molecule has 1 aromatic rings. The summed E-state index contributed by atoms with van der Waals surface area (Å²) in [5, 5.41) is 9.70. The molecule has 1 saturated heterocycles. The molecule has 36 heavy (non-hydrogen) atoms. The van der Waals surface area contributed by atoms with Gasteiger partial charge < -0.3 is 20.4 Å². The first kappa shape index (κ1) is 23.9. The first-order chi connectivity index (χ1) is 17.2. The van der Waals surface area contributed by atoms with Crippen molar-refractivity contribution in [3.63, 3.8) is 0 Å². The van der Waals surface area contributed by atoms with Crippen LogP contribution >= 0.6 is 0 Å². The average Bonchev–Trinajstić information content (AvgIpc) is 3.20. The van der Waals surface area contributed by atoms with Gasteiger partial charge in [0, 0.05) is 24.9 Å². The van der Waals surface area contributed by atoms with E-state index in [1.807, 2.05) is 23.9 Å². The maximum Gasteiger partial charge on any atom is 0.324 e. The minimum atomic E-state index is -0.656. The molecule has 5 saturated carbocycles. The average molecular weight is 495 g/mol. The number of likely N-dealkylation sites (tertiary alicyclic amines) is 1. The maximum absolute atomic E-state index is 13.8. The van der Waals surface area contributed by atoms with Crippen LogP contribution in [0.5, 0.6) is 0 Å². The van der Waals surface area contributed by atoms with Gasteiger partial charge in [0.2, 0.25) is 5.91 Å². The van der Waals surface area contributed by atoms with E-state index in [0.717, 1.165) is 44.3 Å². The van der Waals surface area contributed by atoms with Gasteiger partial charge in [-0.15, -0.1) is 0 Å². The van der Waals surface area contributed by atoms with Crippen LogP contribution in [0.3, 0.4) is 0 Å². The highest BCUT2D eigenvalue weighted by Gasteiger charge is 2.65. The van der Waals surface area contributed by atoms with E-state index in [0.29, 0.717) is 36.5 Å². The van der Waals surface area contributed by atoms with Crippen LogP contribution < -0.4 is 5.73 Å². The highest BCUT2D eigenvalue weighted by Crippen LogP contribution is 2.64. The molecular formula is C27H38N6O3. The van der Waals surface area contributed by atoms with Crippen molar-refractivity contribution < 1.29 is 14.3 Å². The standard InChI is InChI=1S/C27H38N6O3/c1-15-19-7-18(13-28)33(22(15)19)24(34)23(29)26-9-16-6-17(10-26)12-27(11-16,14-26)36-25(35)20(32(2)3)8-21-30-4-5-31-21/h4-5,15-20,22-23H,6-12,14,29H2,1-3H3,(H,30,31). The number of nitrogens with two attached hydrogens (primary N) is 1. The van der Waals surface area contributed by atoms with Crippen LogP contribution in [0.2, 0.25) is 0 Å². The van der Waals surface area contributed by atoms with Crippen molar-refractivity contribution in [2.75, 3.05) is 14.1 Å². The number of ether oxygens (including phenoxy) is 1. The largest absolute Gasteiger partial charge is 0.458 e. The van der Waals surface area contributed by atoms with Gasteiger partial charge in [-0.2, -0.15) is 5.26 Å². The Morgan fingerprint density at radius 1 is 1.31 bits per heavy atom. The Balaban J connectivity index is 1.22. The van der Waals surface area contributed by atoms with Gasteiger partial charge in [-0.3, -0.25) is 14.5 Å². The molecule has 9 nitrogen and oxygen atoms in total. The van der Waals surface area contributed by atoms with Crippen LogP contribution in [-0.2, 0) is 20.7 Å². The number of carbonyl (C=O) groups is 2. The van der Waals surface area contributed by atoms with Crippen molar-refractivity contribution in [3.05, 3.63) is 18.2 Å². The topological polar surface area (TPSA) is 128 Å². The monoisotopic (exact) mass is 494 g/mol. The van der Waals surface area contributed by atoms with Crippen molar-refractivity contribution in [1.29, 1.82) is 5.26 Å². The van der Waals surface area contributed by atoms with Gasteiger partial charge in [-0.05, 0) is 88.1 Å². The Morgan fingerprint density at radius 2 is 2.03 bits per heavy atom. The molecule has 0 spiro atoms. The number of aromatic amines is 1. The summed E-state index contributed by atoms with van der Waals surface area (Å²) in [6.45, 7) is 2.16. The molecule has 6 fully saturated rings. The summed E-state index contributed by atoms with van der Waals surface area (Å²) in [5.74, 6) is 2.18. The Hall–Kier alpha value is -2.44. The summed E-state index contributed by atoms with van der Waals surface area (Å²) in [4.78, 5) is 38.5. The number of H-pyrrole nitrogens is 1. The lowest BCUT2D eigenvalue weighted by molar-refractivity contribution is -0.209. The van der Waals surface area contributed by atoms with Gasteiger partial charge in [0.05, 0.1) is 12.1 Å². The van der Waals surface area contributed by atoms with E-state index < -0.39 is 17.7 Å². The second-order valence-corrected chi connectivity index (χ2v) is 12.8. The lowest BCUT2D eigenvalue weighted by Crippen LogP contribution is -2.66. The van der Waals surface area contributed by atoms with Crippen LogP contribution in [0.1, 0.15) is 57.7 Å². The zero-order valence-electron chi connectivity index (χ0n) is 21.5. The third kappa shape index (κ3) is 3.67. The molecule has 5 aliphatic carbocycles. The first-order valence-corrected chi connectivity index (χ1v) is 13.5. The van der Waals surface area contributed by atoms with Gasteiger partial charge in [0.25, 0.3) is 0 Å². The fraction of sp³-hybridized carbons (Fsp3) is 0.778. The molecule has 1 amide bonds. The highest BCUT2D eigenvalue weighted by molar-refractivity contribution is 5.85. The van der Waals surface area contributed by atoms with E-state index in [2.05, 4.69) is 23.0 Å². The van der Waals surface area contributed by atoms with Crippen LogP contribution in [0.15, 0.2) is 12.4 Å². The number of nitrogens with one attached hydrogen (secondary N) is 1. The number of carbonyl (C=O) groups excluding carboxylic acids is 2. The van der Waals surface area contributed by atoms with Crippen molar-refractivity contribution in [1.82, 2.24) is 19.8 Å². The first-order valence-electron chi connectivity index (χ1n) is 13.5. The molecule has 8 atom stereocenters. The second kappa shape index (κ2) is 8.29. The second-order valence-electron chi connectivity index (χ2n) is 12.8. The lowest BCUT2D eigenvalue weighted by Gasteiger charge is -2.62. The molecule has 3 N–H and O–H groups in total. The number of nitriles is 1. The summed E-state index contributed by atoms with van der Waals surface area (Å²) in [7, 11) is 3.77. The number of nitrogens with zero attached hydrogens (tertiary/aromatic N) is 4. The molecule has 1 aliphatic heterocycles. The van der Waals surface area contributed by atoms with E-state index >= 15 is 0 Å². The van der Waals surface area contributed by atoms with Crippen LogP contribution in [0.4, 0.5) is 0 Å². The maximum atomic E-state index is 13.8. The summed E-state index contributed by atoms with van der Waals surface area (Å²) in [6.07, 6.45) is 9.96. The predicted octanol–water partition coefficient (Wildman–Crippen LogP) is 1.85. The summed E-state index contributed by atoms with van der Waals surface area (Å²) in [6, 6.07) is 1.05. The molecule has 6 aliphatic rings. The van der Waals surface area contributed by atoms with Gasteiger partial charge in [-0.25, -0.2) is 4.98 Å². The van der Waals surface area contributed by atoms with Crippen molar-refractivity contribution in [2.24, 2.45) is 34.8 Å². The van der Waals surface area contributed by atoms with Gasteiger partial charge in [0.1, 0.15) is 23.5 Å². The Morgan fingerprint density at radius 3 is 2.64 bits per heavy atom. The fourth-order valence-electron chi connectivity index (χ4n) is 8.84. The minimum absolute atomic E-state index is 0.0641. The third-order valence-corrected chi connectivity index (χ3v) is 10.2. The van der Waals surface area contributed by atoms with Crippen LogP contribution in [-0.4, -0.2) is 75.5 Å². The summed E-state index contributed by atoms with van der Waals surface area (Å²) in [5.41, 5.74) is 5.93. The molecule has 7 rings (SSSR count). The predicted molar refractivity (Wildman–Crippen MR) is 131 cm³/mol. The highest BCUT2D eigenvalue weighted by atomic mass is 16.6. The molecular weight excluding hydrogens is 456 g/mol. The quantitative estimate of drug-likeness (QED) is 0.554. The molecule has 9 heteroatoms. The van der Waals surface area contributed by atoms with Crippen LogP contribution in [0.25, 0.3) is 0 Å². The summed E-state index contributed by atoms with van der Waals surface area (Å²) < 4.78 is 6.44. The Bertz CT molecular complexity index is 1070. The number of piperidine rings is 1. The van der Waals surface area contributed by atoms with Crippen LogP contribution in [0, 0.1) is 40.4 Å². The molecule has 0 radical (unpaired) electrons. The van der Waals surface area contributed by atoms with E-state index in [-0.39, 0.29) is 29.4 Å². The Labute approximate surface area is 212 Å². The fourth-order valence-corrected chi connectivity index (χ4v) is 8.84. The van der Waals surface area contributed by atoms with Gasteiger partial charge in [0.15, 0.2) is 0 Å². The lowest BCUT2D eigenvalue weighted by atomic mass is 9.46. The number of rotatable bonds is 7. The number of imidazole rings is 1. The van der Waals surface area contributed by atoms with Crippen molar-refractivity contribution >= 4 is 11.9 Å². The number of likely N-dealkylation sites (N-methyl/N-ethyl adjacent to an activating group) is 1. The number of amides is 1. The number of fused-ring (bicyclic) bond motifs is 1. The molecule has 1 aromatic heterocycles. The molecule has 194 valence electrons. The van der Waals surface area contributed by atoms with E-state index in [1.165, 1.54) is 0 Å². The summed E-state index contributed by atoms with van der Waals surface area (Å²) >= 11 is 0. The zero-order chi connectivity index (χ0) is 25.4. The van der Waals surface area contributed by atoms with E-state index in [1.54, 1.807) is 12.4 Å². The van der Waals surface area contributed by atoms with E-state index in [4.69, 9.17) is 10.5 Å². The van der Waals surface area contributed by atoms with Gasteiger partial charge >= 0.3 is 5.97 Å². The molecule has 8 unspecified atom stereocenters. The smallest absolute Gasteiger partial charge is 0.324 e. The number of hydrogen-bond acceptors (Lipinski definition) is 7. The third-order valence-electron chi connectivity index (χ3n) is 10.2. The molecule has 0 aromatic carbocycles. The molecule has 2 heterocycles. The van der Waals surface area contributed by atoms with E-state index in [9.17, 15) is 14.9 Å². The number of aromatic nitrogens is 2. The van der Waals surface area contributed by atoms with Crippen molar-refractivity contribution in [3.8, 4) is 6.07 Å². The molecule has 4 bridgehead atoms. The van der Waals surface area contributed by atoms with Crippen molar-refractivity contribution in [2.45, 2.75) is 88.1 Å². The minimum Gasteiger partial charge on any atom is -0.458 e. The number of esters is 1. The van der Waals surface area contributed by atoms with Gasteiger partial charge in [-0.1, -0.05) is 6.92 Å². The normalized spacial score (nSPS) is 41.6. The SMILES string of the molecule is CC1C2CC(C#N)N(C(=O)C(N)C34CC5CC(CC(OC(=O)C(Cc6ncc[nH]6)N(C)C)(C5)C3)C4)C12. The number of hydrogen-bond donors (Lipinski definition) is 2. The zero-order valence-corrected chi connectivity index (χ0v) is 21.5. The Kier molecular flexibility index (Phi) is 5.51.